The highest BCUT2D eigenvalue weighted by molar-refractivity contribution is 5.11. The molecule has 0 amide bonds. The molecule has 0 bridgehead atoms. The number of pyridine rings is 1. The summed E-state index contributed by atoms with van der Waals surface area (Å²) < 4.78 is 5.55. The Morgan fingerprint density at radius 1 is 1.50 bits per heavy atom. The lowest BCUT2D eigenvalue weighted by molar-refractivity contribution is 0.0900. The first-order chi connectivity index (χ1) is 6.86. The van der Waals surface area contributed by atoms with Crippen molar-refractivity contribution in [1.82, 2.24) is 4.98 Å². The number of nitrogens with zero attached hydrogens (tertiary/aromatic N) is 1. The average molecular weight is 192 g/mol. The Kier molecular flexibility index (Phi) is 3.11. The Morgan fingerprint density at radius 2 is 2.29 bits per heavy atom. The second-order valence-corrected chi connectivity index (χ2v) is 3.77. The molecule has 3 heteroatoms. The van der Waals surface area contributed by atoms with Crippen molar-refractivity contribution in [2.24, 2.45) is 5.73 Å². The molecule has 76 valence electrons. The summed E-state index contributed by atoms with van der Waals surface area (Å²) in [5.41, 5.74) is 7.30. The van der Waals surface area contributed by atoms with E-state index in [1.165, 1.54) is 5.56 Å². The van der Waals surface area contributed by atoms with Gasteiger partial charge in [0, 0.05) is 25.0 Å². The number of ether oxygens (including phenoxy) is 1. The SMILES string of the molecule is NC(Cc1ccncc1)C1CCCO1. The molecule has 2 atom stereocenters. The first-order valence-corrected chi connectivity index (χ1v) is 5.12. The fourth-order valence-electron chi connectivity index (χ4n) is 1.86. The van der Waals surface area contributed by atoms with Crippen LogP contribution in [0, 0.1) is 0 Å². The summed E-state index contributed by atoms with van der Waals surface area (Å²) in [6.07, 6.45) is 6.99. The summed E-state index contributed by atoms with van der Waals surface area (Å²) in [4.78, 5) is 3.98. The van der Waals surface area contributed by atoms with Gasteiger partial charge in [0.15, 0.2) is 0 Å². The lowest BCUT2D eigenvalue weighted by Gasteiger charge is -2.18. The van der Waals surface area contributed by atoms with E-state index in [-0.39, 0.29) is 12.1 Å². The van der Waals surface area contributed by atoms with E-state index in [2.05, 4.69) is 4.98 Å². The van der Waals surface area contributed by atoms with Crippen LogP contribution in [0.5, 0.6) is 0 Å². The minimum atomic E-state index is 0.125. The predicted molar refractivity (Wildman–Crippen MR) is 54.9 cm³/mol. The Balaban J connectivity index is 1.90. The van der Waals surface area contributed by atoms with Gasteiger partial charge in [-0.3, -0.25) is 4.98 Å². The molecule has 0 aromatic carbocycles. The molecule has 0 spiro atoms. The zero-order valence-electron chi connectivity index (χ0n) is 8.23. The summed E-state index contributed by atoms with van der Waals surface area (Å²) in [5.74, 6) is 0. The standard InChI is InChI=1S/C11H16N2O/c12-10(11-2-1-7-14-11)8-9-3-5-13-6-4-9/h3-6,10-11H,1-2,7-8,12H2. The van der Waals surface area contributed by atoms with Crippen LogP contribution >= 0.6 is 0 Å². The second-order valence-electron chi connectivity index (χ2n) is 3.77. The maximum Gasteiger partial charge on any atom is 0.0730 e. The Morgan fingerprint density at radius 3 is 2.93 bits per heavy atom. The van der Waals surface area contributed by atoms with Crippen molar-refractivity contribution in [3.05, 3.63) is 30.1 Å². The van der Waals surface area contributed by atoms with Crippen LogP contribution in [0.4, 0.5) is 0 Å². The van der Waals surface area contributed by atoms with Crippen LogP contribution in [0.2, 0.25) is 0 Å². The lowest BCUT2D eigenvalue weighted by atomic mass is 10.0. The van der Waals surface area contributed by atoms with Crippen molar-refractivity contribution in [3.8, 4) is 0 Å². The van der Waals surface area contributed by atoms with E-state index in [4.69, 9.17) is 10.5 Å². The van der Waals surface area contributed by atoms with Crippen LogP contribution in [-0.2, 0) is 11.2 Å². The number of aromatic nitrogens is 1. The van der Waals surface area contributed by atoms with Gasteiger partial charge in [0.25, 0.3) is 0 Å². The van der Waals surface area contributed by atoms with Crippen molar-refractivity contribution >= 4 is 0 Å². The first-order valence-electron chi connectivity index (χ1n) is 5.12. The molecular formula is C11H16N2O. The van der Waals surface area contributed by atoms with Crippen LogP contribution in [0.25, 0.3) is 0 Å². The van der Waals surface area contributed by atoms with Crippen LogP contribution in [0.3, 0.4) is 0 Å². The van der Waals surface area contributed by atoms with Crippen molar-refractivity contribution in [2.45, 2.75) is 31.4 Å². The van der Waals surface area contributed by atoms with E-state index in [1.54, 1.807) is 12.4 Å². The molecule has 2 rings (SSSR count). The van der Waals surface area contributed by atoms with Crippen LogP contribution in [0.15, 0.2) is 24.5 Å². The van der Waals surface area contributed by atoms with Gasteiger partial charge in [-0.1, -0.05) is 0 Å². The van der Waals surface area contributed by atoms with Crippen molar-refractivity contribution in [1.29, 1.82) is 0 Å². The maximum absolute atomic E-state index is 6.07. The largest absolute Gasteiger partial charge is 0.377 e. The molecule has 14 heavy (non-hydrogen) atoms. The molecule has 1 aliphatic heterocycles. The van der Waals surface area contributed by atoms with Gasteiger partial charge in [0.05, 0.1) is 6.10 Å². The normalized spacial score (nSPS) is 23.6. The van der Waals surface area contributed by atoms with E-state index >= 15 is 0 Å². The van der Waals surface area contributed by atoms with E-state index in [0.29, 0.717) is 0 Å². The summed E-state index contributed by atoms with van der Waals surface area (Å²) in [7, 11) is 0. The number of hydrogen-bond donors (Lipinski definition) is 1. The highest BCUT2D eigenvalue weighted by Gasteiger charge is 2.22. The molecule has 1 fully saturated rings. The molecule has 1 aromatic heterocycles. The highest BCUT2D eigenvalue weighted by Crippen LogP contribution is 2.16. The Bertz CT molecular complexity index is 270. The van der Waals surface area contributed by atoms with E-state index in [1.807, 2.05) is 12.1 Å². The minimum Gasteiger partial charge on any atom is -0.377 e. The molecule has 0 aliphatic carbocycles. The Hall–Kier alpha value is -0.930. The van der Waals surface area contributed by atoms with Crippen LogP contribution < -0.4 is 5.73 Å². The fraction of sp³-hybridized carbons (Fsp3) is 0.545. The van der Waals surface area contributed by atoms with Gasteiger partial charge in [0.2, 0.25) is 0 Å². The maximum atomic E-state index is 6.07. The number of rotatable bonds is 3. The zero-order valence-corrected chi connectivity index (χ0v) is 8.23. The van der Waals surface area contributed by atoms with E-state index in [9.17, 15) is 0 Å². The smallest absolute Gasteiger partial charge is 0.0730 e. The van der Waals surface area contributed by atoms with Gasteiger partial charge >= 0.3 is 0 Å². The predicted octanol–water partition coefficient (Wildman–Crippen LogP) is 1.13. The molecule has 2 N–H and O–H groups in total. The third-order valence-corrected chi connectivity index (χ3v) is 2.66. The first kappa shape index (κ1) is 9.62. The second kappa shape index (κ2) is 4.53. The molecular weight excluding hydrogens is 176 g/mol. The highest BCUT2D eigenvalue weighted by atomic mass is 16.5. The van der Waals surface area contributed by atoms with Crippen LogP contribution in [0.1, 0.15) is 18.4 Å². The monoisotopic (exact) mass is 192 g/mol. The molecule has 0 saturated carbocycles. The third kappa shape index (κ3) is 2.30. The summed E-state index contributed by atoms with van der Waals surface area (Å²) in [6.45, 7) is 0.870. The topological polar surface area (TPSA) is 48.1 Å². The zero-order chi connectivity index (χ0) is 9.80. The summed E-state index contributed by atoms with van der Waals surface area (Å²) in [5, 5.41) is 0. The van der Waals surface area contributed by atoms with E-state index < -0.39 is 0 Å². The molecule has 3 nitrogen and oxygen atoms in total. The Labute approximate surface area is 84.3 Å². The summed E-state index contributed by atoms with van der Waals surface area (Å²) in [6, 6.07) is 4.14. The lowest BCUT2D eigenvalue weighted by Crippen LogP contribution is -2.36. The molecule has 1 aromatic rings. The fourth-order valence-corrected chi connectivity index (χ4v) is 1.86. The number of nitrogens with two attached hydrogens (primary N) is 1. The summed E-state index contributed by atoms with van der Waals surface area (Å²) >= 11 is 0. The molecule has 2 unspecified atom stereocenters. The average Bonchev–Trinajstić information content (AvgIpc) is 2.72. The van der Waals surface area contributed by atoms with Gasteiger partial charge in [0.1, 0.15) is 0 Å². The molecule has 1 aliphatic rings. The van der Waals surface area contributed by atoms with Crippen LogP contribution in [-0.4, -0.2) is 23.7 Å². The van der Waals surface area contributed by atoms with Gasteiger partial charge in [-0.2, -0.15) is 0 Å². The third-order valence-electron chi connectivity index (χ3n) is 2.66. The quantitative estimate of drug-likeness (QED) is 0.781. The van der Waals surface area contributed by atoms with Crippen molar-refractivity contribution in [3.63, 3.8) is 0 Å². The van der Waals surface area contributed by atoms with Gasteiger partial charge in [-0.05, 0) is 37.0 Å². The molecule has 2 heterocycles. The molecule has 1 saturated heterocycles. The van der Waals surface area contributed by atoms with Gasteiger partial charge in [-0.25, -0.2) is 0 Å². The minimum absolute atomic E-state index is 0.125. The molecule has 0 radical (unpaired) electrons. The van der Waals surface area contributed by atoms with Crippen molar-refractivity contribution < 1.29 is 4.74 Å². The van der Waals surface area contributed by atoms with E-state index in [0.717, 1.165) is 25.9 Å². The number of hydrogen-bond acceptors (Lipinski definition) is 3. The van der Waals surface area contributed by atoms with Gasteiger partial charge in [-0.15, -0.1) is 0 Å². The van der Waals surface area contributed by atoms with Crippen molar-refractivity contribution in [2.75, 3.05) is 6.61 Å². The van der Waals surface area contributed by atoms with Gasteiger partial charge < -0.3 is 10.5 Å².